The van der Waals surface area contributed by atoms with Crippen LogP contribution in [0.4, 0.5) is 0 Å². The van der Waals surface area contributed by atoms with Crippen LogP contribution in [0.1, 0.15) is 25.2 Å². The average Bonchev–Trinajstić information content (AvgIpc) is 2.39. The molecule has 0 bridgehead atoms. The van der Waals surface area contributed by atoms with Gasteiger partial charge in [0.1, 0.15) is 0 Å². The summed E-state index contributed by atoms with van der Waals surface area (Å²) in [5.74, 6) is 1.72. The zero-order chi connectivity index (χ0) is 13.4. The molecule has 0 fully saturated rings. The Morgan fingerprint density at radius 3 is 2.58 bits per heavy atom. The van der Waals surface area contributed by atoms with Gasteiger partial charge >= 0.3 is 11.3 Å². The minimum atomic E-state index is 0.611. The van der Waals surface area contributed by atoms with E-state index < -0.39 is 0 Å². The van der Waals surface area contributed by atoms with Crippen molar-refractivity contribution in [1.29, 1.82) is 0 Å². The van der Waals surface area contributed by atoms with E-state index in [9.17, 15) is 0 Å². The van der Waals surface area contributed by atoms with E-state index >= 15 is 0 Å². The molecule has 96 valence electrons. The van der Waals surface area contributed by atoms with Gasteiger partial charge in [-0.05, 0) is 35.7 Å². The molecule has 0 unspecified atom stereocenters. The summed E-state index contributed by atoms with van der Waals surface area (Å²) in [5, 5.41) is 3.74. The molecule has 1 heterocycles. The Balaban J connectivity index is 2.28. The van der Waals surface area contributed by atoms with Gasteiger partial charge in [-0.2, -0.15) is 0 Å². The second-order valence-corrected chi connectivity index (χ2v) is 5.65. The molecule has 0 saturated heterocycles. The lowest BCUT2D eigenvalue weighted by Gasteiger charge is -2.02. The van der Waals surface area contributed by atoms with E-state index in [0.717, 1.165) is 17.8 Å². The van der Waals surface area contributed by atoms with Crippen molar-refractivity contribution in [3.63, 3.8) is 0 Å². The summed E-state index contributed by atoms with van der Waals surface area (Å²) in [4.78, 5) is 0. The Bertz CT molecular complexity index is 741. The first kappa shape index (κ1) is 12.2. The van der Waals surface area contributed by atoms with Crippen LogP contribution in [0.25, 0.3) is 21.7 Å². The van der Waals surface area contributed by atoms with Gasteiger partial charge in [-0.3, -0.25) is 0 Å². The van der Waals surface area contributed by atoms with Crippen LogP contribution in [-0.2, 0) is 6.42 Å². The summed E-state index contributed by atoms with van der Waals surface area (Å²) in [7, 11) is 0. The molecule has 1 nitrogen and oxygen atoms in total. The van der Waals surface area contributed by atoms with Crippen LogP contribution in [0.2, 0.25) is 0 Å². The Morgan fingerprint density at radius 2 is 1.79 bits per heavy atom. The quantitative estimate of drug-likeness (QED) is 0.440. The fourth-order valence-corrected chi connectivity index (χ4v) is 2.60. The minimum Gasteiger partial charge on any atom is -0.212 e. The van der Waals surface area contributed by atoms with Crippen LogP contribution in [0.3, 0.4) is 0 Å². The summed E-state index contributed by atoms with van der Waals surface area (Å²) < 4.78 is 6.11. The molecule has 0 spiro atoms. The summed E-state index contributed by atoms with van der Waals surface area (Å²) in [5.41, 5.74) is 2.23. The fourth-order valence-electron chi connectivity index (χ4n) is 2.60. The molecule has 0 aliphatic carbocycles. The minimum absolute atomic E-state index is 0.611. The highest BCUT2D eigenvalue weighted by molar-refractivity contribution is 6.05. The SMILES string of the molecule is Cc1cc2c(ccc3ccccc32)[o+]c1CC(C)C. The van der Waals surface area contributed by atoms with Crippen molar-refractivity contribution >= 4 is 21.7 Å². The van der Waals surface area contributed by atoms with Gasteiger partial charge in [0.15, 0.2) is 0 Å². The third kappa shape index (κ3) is 2.21. The molecule has 0 amide bonds. The standard InChI is InChI=1S/C18H19O/c1-12(2)10-18-13(3)11-16-15-7-5-4-6-14(15)8-9-17(16)19-18/h4-9,11-12H,10H2,1-3H3/q+1. The first-order valence-corrected chi connectivity index (χ1v) is 6.89. The molecule has 1 aromatic heterocycles. The zero-order valence-corrected chi connectivity index (χ0v) is 11.7. The summed E-state index contributed by atoms with van der Waals surface area (Å²) in [6, 6.07) is 14.9. The summed E-state index contributed by atoms with van der Waals surface area (Å²) >= 11 is 0. The first-order valence-electron chi connectivity index (χ1n) is 6.89. The molecule has 3 aromatic rings. The predicted molar refractivity (Wildman–Crippen MR) is 81.4 cm³/mol. The van der Waals surface area contributed by atoms with Gasteiger partial charge in [-0.1, -0.05) is 38.1 Å². The second kappa shape index (κ2) is 4.65. The van der Waals surface area contributed by atoms with Crippen molar-refractivity contribution < 1.29 is 4.42 Å². The molecular formula is C18H19O+. The van der Waals surface area contributed by atoms with Crippen LogP contribution in [0, 0.1) is 12.8 Å². The molecule has 0 radical (unpaired) electrons. The van der Waals surface area contributed by atoms with Crippen molar-refractivity contribution in [2.75, 3.05) is 0 Å². The normalized spacial score (nSPS) is 11.6. The van der Waals surface area contributed by atoms with Gasteiger partial charge in [0.2, 0.25) is 0 Å². The van der Waals surface area contributed by atoms with E-state index in [0.29, 0.717) is 5.92 Å². The second-order valence-electron chi connectivity index (χ2n) is 5.65. The van der Waals surface area contributed by atoms with E-state index in [1.807, 2.05) is 0 Å². The van der Waals surface area contributed by atoms with Gasteiger partial charge in [-0.15, -0.1) is 0 Å². The van der Waals surface area contributed by atoms with Crippen LogP contribution in [0.5, 0.6) is 0 Å². The maximum absolute atomic E-state index is 6.11. The molecule has 0 N–H and O–H groups in total. The van der Waals surface area contributed by atoms with E-state index in [2.05, 4.69) is 63.2 Å². The number of aryl methyl sites for hydroxylation is 1. The molecule has 1 heteroatoms. The largest absolute Gasteiger partial charge is 0.360 e. The van der Waals surface area contributed by atoms with E-state index in [-0.39, 0.29) is 0 Å². The maximum Gasteiger partial charge on any atom is 0.360 e. The molecule has 0 aliphatic heterocycles. The predicted octanol–water partition coefficient (Wildman–Crippen LogP) is 5.37. The smallest absolute Gasteiger partial charge is 0.212 e. The number of rotatable bonds is 2. The highest BCUT2D eigenvalue weighted by Gasteiger charge is 2.18. The Kier molecular flexibility index (Phi) is 2.98. The van der Waals surface area contributed by atoms with E-state index in [1.54, 1.807) is 0 Å². The molecule has 0 aliphatic rings. The van der Waals surface area contributed by atoms with Crippen LogP contribution >= 0.6 is 0 Å². The highest BCUT2D eigenvalue weighted by Crippen LogP contribution is 2.28. The Labute approximate surface area is 113 Å². The fraction of sp³-hybridized carbons (Fsp3) is 0.278. The van der Waals surface area contributed by atoms with Crippen LogP contribution in [0.15, 0.2) is 46.9 Å². The summed E-state index contributed by atoms with van der Waals surface area (Å²) in [6.07, 6.45) is 0.995. The van der Waals surface area contributed by atoms with Crippen molar-refractivity contribution in [1.82, 2.24) is 0 Å². The monoisotopic (exact) mass is 251 g/mol. The summed E-state index contributed by atoms with van der Waals surface area (Å²) in [6.45, 7) is 6.58. The lowest BCUT2D eigenvalue weighted by Crippen LogP contribution is -1.97. The highest BCUT2D eigenvalue weighted by atomic mass is 16.3. The maximum atomic E-state index is 6.11. The van der Waals surface area contributed by atoms with E-state index in [1.165, 1.54) is 21.7 Å². The van der Waals surface area contributed by atoms with Crippen molar-refractivity contribution in [2.45, 2.75) is 27.2 Å². The molecule has 2 aromatic carbocycles. The van der Waals surface area contributed by atoms with E-state index in [4.69, 9.17) is 4.42 Å². The van der Waals surface area contributed by atoms with Gasteiger partial charge in [-0.25, -0.2) is 4.42 Å². The van der Waals surface area contributed by atoms with Gasteiger partial charge in [0.25, 0.3) is 0 Å². The third-order valence-electron chi connectivity index (χ3n) is 3.56. The number of hydrogen-bond acceptors (Lipinski definition) is 0. The van der Waals surface area contributed by atoms with Crippen LogP contribution in [-0.4, -0.2) is 0 Å². The number of fused-ring (bicyclic) bond motifs is 3. The van der Waals surface area contributed by atoms with Gasteiger partial charge in [0, 0.05) is 11.6 Å². The topological polar surface area (TPSA) is 11.3 Å². The zero-order valence-electron chi connectivity index (χ0n) is 11.7. The van der Waals surface area contributed by atoms with Crippen molar-refractivity contribution in [3.05, 3.63) is 53.8 Å². The molecule has 19 heavy (non-hydrogen) atoms. The average molecular weight is 251 g/mol. The molecule has 0 saturated carbocycles. The lowest BCUT2D eigenvalue weighted by atomic mass is 10.0. The van der Waals surface area contributed by atoms with Gasteiger partial charge in [0.05, 0.1) is 11.8 Å². The molecule has 3 rings (SSSR count). The lowest BCUT2D eigenvalue weighted by molar-refractivity contribution is 0.486. The number of hydrogen-bond donors (Lipinski definition) is 0. The third-order valence-corrected chi connectivity index (χ3v) is 3.56. The van der Waals surface area contributed by atoms with Crippen molar-refractivity contribution in [2.24, 2.45) is 5.92 Å². The Morgan fingerprint density at radius 1 is 1.00 bits per heavy atom. The Hall–Kier alpha value is -1.89. The number of benzene rings is 2. The first-order chi connectivity index (χ1) is 9.15. The molecule has 0 atom stereocenters. The van der Waals surface area contributed by atoms with Crippen LogP contribution < -0.4 is 0 Å². The van der Waals surface area contributed by atoms with Crippen molar-refractivity contribution in [3.8, 4) is 0 Å². The van der Waals surface area contributed by atoms with Gasteiger partial charge < -0.3 is 0 Å². The molecular weight excluding hydrogens is 232 g/mol.